The van der Waals surface area contributed by atoms with Crippen molar-refractivity contribution in [3.8, 4) is 11.5 Å². The van der Waals surface area contributed by atoms with Gasteiger partial charge in [-0.2, -0.15) is 0 Å². The van der Waals surface area contributed by atoms with E-state index in [1.54, 1.807) is 19.1 Å². The maximum absolute atomic E-state index is 12.8. The molecule has 0 aliphatic rings. The Morgan fingerprint density at radius 2 is 2.11 bits per heavy atom. The van der Waals surface area contributed by atoms with Gasteiger partial charge in [-0.3, -0.25) is 4.98 Å². The largest absolute Gasteiger partial charge is 0.454 e. The van der Waals surface area contributed by atoms with Crippen molar-refractivity contribution in [3.63, 3.8) is 0 Å². The molecule has 0 fully saturated rings. The molecule has 1 unspecified atom stereocenters. The third-order valence-corrected chi connectivity index (χ3v) is 2.60. The molecule has 0 aliphatic carbocycles. The summed E-state index contributed by atoms with van der Waals surface area (Å²) in [4.78, 5) is 4.03. The predicted molar refractivity (Wildman–Crippen MR) is 66.4 cm³/mol. The van der Waals surface area contributed by atoms with E-state index in [9.17, 15) is 9.50 Å². The lowest BCUT2D eigenvalue weighted by Crippen LogP contribution is -1.95. The molecule has 3 nitrogen and oxygen atoms in total. The fraction of sp³-hybridized carbons (Fsp3) is 0.154. The van der Waals surface area contributed by atoms with Gasteiger partial charge in [0.25, 0.3) is 0 Å². The van der Waals surface area contributed by atoms with Gasteiger partial charge in [-0.05, 0) is 37.3 Å². The molecule has 0 aliphatic heterocycles. The van der Waals surface area contributed by atoms with Gasteiger partial charge >= 0.3 is 0 Å². The van der Waals surface area contributed by atoms with Crippen molar-refractivity contribution >= 4 is 11.6 Å². The molecule has 0 saturated heterocycles. The van der Waals surface area contributed by atoms with E-state index in [1.165, 1.54) is 24.4 Å². The van der Waals surface area contributed by atoms with Gasteiger partial charge in [0.05, 0.1) is 23.0 Å². The predicted octanol–water partition coefficient (Wildman–Crippen LogP) is 3.72. The Balaban J connectivity index is 2.18. The lowest BCUT2D eigenvalue weighted by Gasteiger charge is -2.08. The Bertz CT molecular complexity index is 543. The summed E-state index contributed by atoms with van der Waals surface area (Å²) < 4.78 is 18.3. The van der Waals surface area contributed by atoms with E-state index in [4.69, 9.17) is 16.3 Å². The van der Waals surface area contributed by atoms with E-state index in [2.05, 4.69) is 4.98 Å². The number of halogens is 2. The van der Waals surface area contributed by atoms with E-state index < -0.39 is 11.9 Å². The van der Waals surface area contributed by atoms with Gasteiger partial charge in [-0.25, -0.2) is 4.39 Å². The van der Waals surface area contributed by atoms with Crippen molar-refractivity contribution in [1.82, 2.24) is 4.98 Å². The zero-order valence-electron chi connectivity index (χ0n) is 9.60. The summed E-state index contributed by atoms with van der Waals surface area (Å²) in [5, 5.41) is 9.50. The molecule has 1 atom stereocenters. The van der Waals surface area contributed by atoms with E-state index in [-0.39, 0.29) is 5.02 Å². The van der Waals surface area contributed by atoms with Crippen molar-refractivity contribution in [3.05, 3.63) is 53.1 Å². The van der Waals surface area contributed by atoms with Gasteiger partial charge in [0.2, 0.25) is 0 Å². The first kappa shape index (κ1) is 12.8. The number of ether oxygens (including phenoxy) is 1. The Morgan fingerprint density at radius 3 is 2.67 bits per heavy atom. The Hall–Kier alpha value is -1.65. The minimum Gasteiger partial charge on any atom is -0.454 e. The molecule has 1 aromatic carbocycles. The summed E-state index contributed by atoms with van der Waals surface area (Å²) in [5.41, 5.74) is 0.549. The highest BCUT2D eigenvalue weighted by molar-refractivity contribution is 6.32. The number of pyridine rings is 1. The van der Waals surface area contributed by atoms with E-state index in [0.29, 0.717) is 17.2 Å². The van der Waals surface area contributed by atoms with Crippen LogP contribution in [-0.2, 0) is 0 Å². The first-order valence-corrected chi connectivity index (χ1v) is 5.71. The molecule has 0 amide bonds. The van der Waals surface area contributed by atoms with Crippen LogP contribution in [0.3, 0.4) is 0 Å². The van der Waals surface area contributed by atoms with Gasteiger partial charge < -0.3 is 9.84 Å². The van der Waals surface area contributed by atoms with E-state index >= 15 is 0 Å². The average Bonchev–Trinajstić information content (AvgIpc) is 2.33. The fourth-order valence-electron chi connectivity index (χ4n) is 1.38. The van der Waals surface area contributed by atoms with Crippen LogP contribution in [-0.4, -0.2) is 10.1 Å². The Morgan fingerprint density at radius 1 is 1.33 bits per heavy atom. The number of benzene rings is 1. The maximum atomic E-state index is 12.8. The summed E-state index contributed by atoms with van der Waals surface area (Å²) in [5.74, 6) is 0.396. The second kappa shape index (κ2) is 5.33. The standard InChI is InChI=1S/C13H11ClFNO2/c1-8(17)12-4-3-10(7-16-12)18-13-5-2-9(15)6-11(13)14/h2-8,17H,1H3. The maximum Gasteiger partial charge on any atom is 0.146 e. The zero-order chi connectivity index (χ0) is 13.1. The SMILES string of the molecule is CC(O)c1ccc(Oc2ccc(F)cc2Cl)cn1. The number of nitrogens with zero attached hydrogens (tertiary/aromatic N) is 1. The number of rotatable bonds is 3. The molecule has 0 saturated carbocycles. The quantitative estimate of drug-likeness (QED) is 0.922. The van der Waals surface area contributed by atoms with Gasteiger partial charge in [0.1, 0.15) is 17.3 Å². The van der Waals surface area contributed by atoms with Crippen molar-refractivity contribution in [2.24, 2.45) is 0 Å². The zero-order valence-corrected chi connectivity index (χ0v) is 10.4. The average molecular weight is 268 g/mol. The number of aromatic nitrogens is 1. The van der Waals surface area contributed by atoms with E-state index in [1.807, 2.05) is 0 Å². The van der Waals surface area contributed by atoms with Crippen LogP contribution < -0.4 is 4.74 Å². The lowest BCUT2D eigenvalue weighted by molar-refractivity contribution is 0.194. The highest BCUT2D eigenvalue weighted by atomic mass is 35.5. The molecule has 0 bridgehead atoms. The van der Waals surface area contributed by atoms with Crippen LogP contribution >= 0.6 is 11.6 Å². The molecule has 2 rings (SSSR count). The molecule has 1 aromatic heterocycles. The summed E-state index contributed by atoms with van der Waals surface area (Å²) in [6, 6.07) is 7.19. The highest BCUT2D eigenvalue weighted by Gasteiger charge is 2.06. The van der Waals surface area contributed by atoms with Gasteiger partial charge in [0.15, 0.2) is 0 Å². The summed E-state index contributed by atoms with van der Waals surface area (Å²) in [6.07, 6.45) is 0.843. The second-order valence-corrected chi connectivity index (χ2v) is 4.18. The first-order chi connectivity index (χ1) is 8.56. The van der Waals surface area contributed by atoms with Crippen molar-refractivity contribution in [2.75, 3.05) is 0 Å². The topological polar surface area (TPSA) is 42.4 Å². The molecular formula is C13H11ClFNO2. The van der Waals surface area contributed by atoms with Crippen LogP contribution in [0, 0.1) is 5.82 Å². The molecular weight excluding hydrogens is 257 g/mol. The van der Waals surface area contributed by atoms with E-state index in [0.717, 1.165) is 0 Å². The van der Waals surface area contributed by atoms with Gasteiger partial charge in [0, 0.05) is 0 Å². The third-order valence-electron chi connectivity index (χ3n) is 2.31. The molecule has 0 radical (unpaired) electrons. The summed E-state index contributed by atoms with van der Waals surface area (Å²) in [7, 11) is 0. The normalized spacial score (nSPS) is 12.2. The van der Waals surface area contributed by atoms with Crippen LogP contribution in [0.5, 0.6) is 11.5 Å². The third kappa shape index (κ3) is 2.97. The van der Waals surface area contributed by atoms with Crippen LogP contribution in [0.4, 0.5) is 4.39 Å². The van der Waals surface area contributed by atoms with Crippen LogP contribution in [0.2, 0.25) is 5.02 Å². The van der Waals surface area contributed by atoms with Crippen LogP contribution in [0.25, 0.3) is 0 Å². The molecule has 1 heterocycles. The Kier molecular flexibility index (Phi) is 3.79. The highest BCUT2D eigenvalue weighted by Crippen LogP contribution is 2.29. The lowest BCUT2D eigenvalue weighted by atomic mass is 10.2. The van der Waals surface area contributed by atoms with Crippen LogP contribution in [0.1, 0.15) is 18.7 Å². The fourth-order valence-corrected chi connectivity index (χ4v) is 1.59. The minimum atomic E-state index is -0.631. The molecule has 18 heavy (non-hydrogen) atoms. The number of hydrogen-bond donors (Lipinski definition) is 1. The van der Waals surface area contributed by atoms with Crippen molar-refractivity contribution in [1.29, 1.82) is 0 Å². The smallest absolute Gasteiger partial charge is 0.146 e. The number of hydrogen-bond acceptors (Lipinski definition) is 3. The molecule has 0 spiro atoms. The summed E-state index contributed by atoms with van der Waals surface area (Å²) in [6.45, 7) is 1.62. The molecule has 5 heteroatoms. The Labute approximate surface area is 109 Å². The van der Waals surface area contributed by atoms with Crippen LogP contribution in [0.15, 0.2) is 36.5 Å². The van der Waals surface area contributed by atoms with Gasteiger partial charge in [-0.1, -0.05) is 11.6 Å². The van der Waals surface area contributed by atoms with Crippen molar-refractivity contribution < 1.29 is 14.2 Å². The number of aliphatic hydroxyl groups is 1. The molecule has 94 valence electrons. The minimum absolute atomic E-state index is 0.189. The first-order valence-electron chi connectivity index (χ1n) is 5.33. The van der Waals surface area contributed by atoms with Crippen molar-refractivity contribution in [2.45, 2.75) is 13.0 Å². The summed E-state index contributed by atoms with van der Waals surface area (Å²) >= 11 is 5.84. The number of aliphatic hydroxyl groups excluding tert-OH is 1. The monoisotopic (exact) mass is 267 g/mol. The molecule has 2 aromatic rings. The molecule has 1 N–H and O–H groups in total. The van der Waals surface area contributed by atoms with Gasteiger partial charge in [-0.15, -0.1) is 0 Å². The second-order valence-electron chi connectivity index (χ2n) is 3.77.